The van der Waals surface area contributed by atoms with Crippen LogP contribution in [-0.4, -0.2) is 22.8 Å². The molecule has 13 heavy (non-hydrogen) atoms. The molecule has 1 aromatic heterocycles. The van der Waals surface area contributed by atoms with E-state index in [1.807, 2.05) is 0 Å². The van der Waals surface area contributed by atoms with Crippen LogP contribution in [0, 0.1) is 0 Å². The lowest BCUT2D eigenvalue weighted by Crippen LogP contribution is -2.32. The highest BCUT2D eigenvalue weighted by Gasteiger charge is 2.18. The topological polar surface area (TPSA) is 37.8 Å². The van der Waals surface area contributed by atoms with Gasteiger partial charge < -0.3 is 5.32 Å². The second kappa shape index (κ2) is 5.29. The van der Waals surface area contributed by atoms with E-state index in [2.05, 4.69) is 36.3 Å². The van der Waals surface area contributed by atoms with Crippen molar-refractivity contribution in [3.05, 3.63) is 10.5 Å². The van der Waals surface area contributed by atoms with Crippen LogP contribution in [0.15, 0.2) is 5.51 Å². The number of likely N-dealkylation sites (N-methyl/N-ethyl adjacent to an activating group) is 1. The fourth-order valence-corrected chi connectivity index (χ4v) is 2.16. The van der Waals surface area contributed by atoms with E-state index >= 15 is 0 Å². The lowest BCUT2D eigenvalue weighted by molar-refractivity contribution is 0.446. The van der Waals surface area contributed by atoms with Gasteiger partial charge in [0.15, 0.2) is 0 Å². The fourth-order valence-electron chi connectivity index (χ4n) is 1.49. The maximum absolute atomic E-state index is 4.10. The lowest BCUT2D eigenvalue weighted by atomic mass is 10.0. The minimum Gasteiger partial charge on any atom is -0.314 e. The first-order chi connectivity index (χ1) is 6.29. The Hall–Kier alpha value is -0.480. The Morgan fingerprint density at radius 2 is 2.31 bits per heavy atom. The molecule has 0 saturated carbocycles. The van der Waals surface area contributed by atoms with Crippen LogP contribution in [0.4, 0.5) is 0 Å². The summed E-state index contributed by atoms with van der Waals surface area (Å²) in [5.41, 5.74) is 1.80. The summed E-state index contributed by atoms with van der Waals surface area (Å²) in [6.45, 7) is 7.55. The molecule has 0 saturated heterocycles. The van der Waals surface area contributed by atoms with Gasteiger partial charge in [-0.3, -0.25) is 0 Å². The molecule has 0 aliphatic carbocycles. The van der Waals surface area contributed by atoms with Crippen molar-refractivity contribution >= 4 is 11.3 Å². The molecule has 2 atom stereocenters. The van der Waals surface area contributed by atoms with E-state index in [0.717, 1.165) is 18.0 Å². The zero-order valence-corrected chi connectivity index (χ0v) is 9.27. The van der Waals surface area contributed by atoms with Crippen molar-refractivity contribution in [2.24, 2.45) is 0 Å². The van der Waals surface area contributed by atoms with Crippen molar-refractivity contribution in [3.63, 3.8) is 0 Å². The Labute approximate surface area is 83.6 Å². The van der Waals surface area contributed by atoms with Crippen LogP contribution in [0.3, 0.4) is 0 Å². The highest BCUT2D eigenvalue weighted by atomic mass is 32.1. The number of aromatic nitrogens is 2. The molecule has 0 amide bonds. The summed E-state index contributed by atoms with van der Waals surface area (Å²) in [5, 5.41) is 12.5. The fraction of sp³-hybridized carbons (Fsp3) is 0.778. The monoisotopic (exact) mass is 199 g/mol. The summed E-state index contributed by atoms with van der Waals surface area (Å²) in [5.74, 6) is 0.470. The van der Waals surface area contributed by atoms with Gasteiger partial charge in [-0.25, -0.2) is 0 Å². The third-order valence-corrected chi connectivity index (χ3v) is 3.17. The first-order valence-electron chi connectivity index (χ1n) is 4.79. The van der Waals surface area contributed by atoms with Crippen LogP contribution in [-0.2, 0) is 0 Å². The van der Waals surface area contributed by atoms with Gasteiger partial charge in [-0.2, -0.15) is 0 Å². The smallest absolute Gasteiger partial charge is 0.121 e. The first kappa shape index (κ1) is 10.6. The lowest BCUT2D eigenvalue weighted by Gasteiger charge is -2.20. The Kier molecular flexibility index (Phi) is 4.32. The van der Waals surface area contributed by atoms with Gasteiger partial charge in [0.1, 0.15) is 10.5 Å². The minimum atomic E-state index is 0.470. The van der Waals surface area contributed by atoms with E-state index in [-0.39, 0.29) is 0 Å². The van der Waals surface area contributed by atoms with Gasteiger partial charge in [0.25, 0.3) is 0 Å². The Morgan fingerprint density at radius 1 is 1.54 bits per heavy atom. The quantitative estimate of drug-likeness (QED) is 0.788. The summed E-state index contributed by atoms with van der Waals surface area (Å²) < 4.78 is 0. The molecule has 0 aliphatic rings. The van der Waals surface area contributed by atoms with E-state index in [0.29, 0.717) is 12.0 Å². The van der Waals surface area contributed by atoms with Gasteiger partial charge in [-0.05, 0) is 13.0 Å². The van der Waals surface area contributed by atoms with E-state index in [1.165, 1.54) is 0 Å². The first-order valence-corrected chi connectivity index (χ1v) is 5.67. The molecule has 3 nitrogen and oxygen atoms in total. The number of hydrogen-bond donors (Lipinski definition) is 1. The molecule has 1 N–H and O–H groups in total. The Morgan fingerprint density at radius 3 is 2.77 bits per heavy atom. The molecular weight excluding hydrogens is 182 g/mol. The summed E-state index contributed by atoms with van der Waals surface area (Å²) in [6, 6.07) is 0.526. The molecule has 74 valence electrons. The van der Waals surface area contributed by atoms with Gasteiger partial charge in [-0.1, -0.05) is 20.8 Å². The molecular formula is C9H17N3S. The van der Waals surface area contributed by atoms with Gasteiger partial charge in [0.2, 0.25) is 0 Å². The van der Waals surface area contributed by atoms with Crippen molar-refractivity contribution in [2.45, 2.75) is 39.2 Å². The van der Waals surface area contributed by atoms with E-state index in [1.54, 1.807) is 16.8 Å². The number of hydrogen-bond acceptors (Lipinski definition) is 4. The van der Waals surface area contributed by atoms with E-state index in [9.17, 15) is 0 Å². The van der Waals surface area contributed by atoms with Crippen LogP contribution in [0.25, 0.3) is 0 Å². The predicted molar refractivity (Wildman–Crippen MR) is 56.1 cm³/mol. The maximum Gasteiger partial charge on any atom is 0.121 e. The minimum absolute atomic E-state index is 0.470. The van der Waals surface area contributed by atoms with Gasteiger partial charge in [-0.15, -0.1) is 21.5 Å². The third kappa shape index (κ3) is 2.74. The SMILES string of the molecule is CCNC(CC)C(C)c1nncs1. The maximum atomic E-state index is 4.10. The molecule has 0 fully saturated rings. The van der Waals surface area contributed by atoms with Crippen LogP contribution in [0.5, 0.6) is 0 Å². The average Bonchev–Trinajstić information content (AvgIpc) is 2.65. The Bertz CT molecular complexity index is 223. The molecule has 0 aliphatic heterocycles. The highest BCUT2D eigenvalue weighted by molar-refractivity contribution is 7.09. The van der Waals surface area contributed by atoms with Gasteiger partial charge in [0, 0.05) is 12.0 Å². The van der Waals surface area contributed by atoms with Crippen molar-refractivity contribution < 1.29 is 0 Å². The summed E-state index contributed by atoms with van der Waals surface area (Å²) in [7, 11) is 0. The molecule has 1 heterocycles. The highest BCUT2D eigenvalue weighted by Crippen LogP contribution is 2.21. The second-order valence-electron chi connectivity index (χ2n) is 3.14. The molecule has 0 aromatic carbocycles. The zero-order valence-electron chi connectivity index (χ0n) is 8.45. The van der Waals surface area contributed by atoms with Crippen molar-refractivity contribution in [1.29, 1.82) is 0 Å². The van der Waals surface area contributed by atoms with Crippen LogP contribution >= 0.6 is 11.3 Å². The Balaban J connectivity index is 2.58. The normalized spacial score (nSPS) is 15.6. The van der Waals surface area contributed by atoms with Gasteiger partial charge in [0.05, 0.1) is 0 Å². The number of nitrogens with one attached hydrogen (secondary N) is 1. The number of rotatable bonds is 5. The third-order valence-electron chi connectivity index (χ3n) is 2.28. The van der Waals surface area contributed by atoms with E-state index in [4.69, 9.17) is 0 Å². The molecule has 2 unspecified atom stereocenters. The summed E-state index contributed by atoms with van der Waals surface area (Å²) >= 11 is 1.64. The molecule has 1 rings (SSSR count). The molecule has 0 bridgehead atoms. The summed E-state index contributed by atoms with van der Waals surface area (Å²) in [6.07, 6.45) is 1.13. The van der Waals surface area contributed by atoms with Crippen molar-refractivity contribution in [1.82, 2.24) is 15.5 Å². The van der Waals surface area contributed by atoms with Crippen LogP contribution in [0.1, 0.15) is 38.1 Å². The number of nitrogens with zero attached hydrogens (tertiary/aromatic N) is 2. The molecule has 1 aromatic rings. The van der Waals surface area contributed by atoms with Crippen molar-refractivity contribution in [2.75, 3.05) is 6.54 Å². The average molecular weight is 199 g/mol. The largest absolute Gasteiger partial charge is 0.314 e. The molecule has 0 spiro atoms. The predicted octanol–water partition coefficient (Wildman–Crippen LogP) is 2.03. The van der Waals surface area contributed by atoms with Crippen LogP contribution < -0.4 is 5.32 Å². The van der Waals surface area contributed by atoms with E-state index < -0.39 is 0 Å². The summed E-state index contributed by atoms with van der Waals surface area (Å²) in [4.78, 5) is 0. The standard InChI is InChI=1S/C9H17N3S/c1-4-8(10-5-2)7(3)9-12-11-6-13-9/h6-8,10H,4-5H2,1-3H3. The molecule has 4 heteroatoms. The van der Waals surface area contributed by atoms with Crippen LogP contribution in [0.2, 0.25) is 0 Å². The zero-order chi connectivity index (χ0) is 9.68. The van der Waals surface area contributed by atoms with Gasteiger partial charge >= 0.3 is 0 Å². The molecule has 0 radical (unpaired) electrons. The van der Waals surface area contributed by atoms with Crippen molar-refractivity contribution in [3.8, 4) is 0 Å². The second-order valence-corrected chi connectivity index (χ2v) is 4.00.